The third-order valence-corrected chi connectivity index (χ3v) is 3.42. The standard InChI is InChI=1S/C14H21N3O/c1-3-12(8-10-4-5-10)17-14(18)11-6-7-16-13(9-11)15-2/h6-7,9-10,12H,3-5,8H2,1-2H3,(H,15,16)(H,17,18). The summed E-state index contributed by atoms with van der Waals surface area (Å²) >= 11 is 0. The Labute approximate surface area is 108 Å². The lowest BCUT2D eigenvalue weighted by atomic mass is 10.1. The predicted molar refractivity (Wildman–Crippen MR) is 72.7 cm³/mol. The van der Waals surface area contributed by atoms with E-state index in [1.165, 1.54) is 12.8 Å². The second kappa shape index (κ2) is 5.85. The lowest BCUT2D eigenvalue weighted by molar-refractivity contribution is 0.0932. The summed E-state index contributed by atoms with van der Waals surface area (Å²) in [6.07, 6.45) is 6.41. The third-order valence-electron chi connectivity index (χ3n) is 3.42. The van der Waals surface area contributed by atoms with Crippen LogP contribution in [0.25, 0.3) is 0 Å². The van der Waals surface area contributed by atoms with Gasteiger partial charge in [-0.1, -0.05) is 19.8 Å². The van der Waals surface area contributed by atoms with E-state index in [-0.39, 0.29) is 5.91 Å². The number of carbonyl (C=O) groups is 1. The first-order chi connectivity index (χ1) is 8.72. The second-order valence-corrected chi connectivity index (χ2v) is 4.94. The Morgan fingerprint density at radius 2 is 2.33 bits per heavy atom. The predicted octanol–water partition coefficient (Wildman–Crippen LogP) is 2.43. The van der Waals surface area contributed by atoms with E-state index in [0.29, 0.717) is 11.6 Å². The summed E-state index contributed by atoms with van der Waals surface area (Å²) in [5.74, 6) is 1.56. The van der Waals surface area contributed by atoms with Gasteiger partial charge in [0.25, 0.3) is 5.91 Å². The van der Waals surface area contributed by atoms with Crippen molar-refractivity contribution in [3.8, 4) is 0 Å². The molecule has 0 radical (unpaired) electrons. The van der Waals surface area contributed by atoms with Crippen LogP contribution in [0.1, 0.15) is 43.0 Å². The molecular weight excluding hydrogens is 226 g/mol. The highest BCUT2D eigenvalue weighted by molar-refractivity contribution is 5.94. The molecule has 0 bridgehead atoms. The molecule has 1 aromatic heterocycles. The SMILES string of the molecule is CCC(CC1CC1)NC(=O)c1ccnc(NC)c1. The van der Waals surface area contributed by atoms with Crippen molar-refractivity contribution in [1.82, 2.24) is 10.3 Å². The smallest absolute Gasteiger partial charge is 0.251 e. The molecule has 1 aliphatic carbocycles. The molecule has 1 unspecified atom stereocenters. The van der Waals surface area contributed by atoms with Crippen LogP contribution >= 0.6 is 0 Å². The molecule has 1 amide bonds. The van der Waals surface area contributed by atoms with Crippen LogP contribution in [-0.2, 0) is 0 Å². The first-order valence-corrected chi connectivity index (χ1v) is 6.67. The molecule has 4 nitrogen and oxygen atoms in total. The van der Waals surface area contributed by atoms with Gasteiger partial charge in [-0.25, -0.2) is 4.98 Å². The number of nitrogens with zero attached hydrogens (tertiary/aromatic N) is 1. The van der Waals surface area contributed by atoms with Crippen LogP contribution in [0.15, 0.2) is 18.3 Å². The molecule has 1 aliphatic rings. The second-order valence-electron chi connectivity index (χ2n) is 4.94. The third kappa shape index (κ3) is 3.45. The summed E-state index contributed by atoms with van der Waals surface area (Å²) in [7, 11) is 1.80. The van der Waals surface area contributed by atoms with Crippen LogP contribution in [0.4, 0.5) is 5.82 Å². The molecule has 18 heavy (non-hydrogen) atoms. The van der Waals surface area contributed by atoms with Crippen molar-refractivity contribution in [1.29, 1.82) is 0 Å². The minimum absolute atomic E-state index is 0.00130. The Hall–Kier alpha value is -1.58. The fraction of sp³-hybridized carbons (Fsp3) is 0.571. The fourth-order valence-corrected chi connectivity index (χ4v) is 2.06. The molecule has 1 aromatic rings. The maximum atomic E-state index is 12.1. The van der Waals surface area contributed by atoms with Crippen molar-refractivity contribution in [3.63, 3.8) is 0 Å². The summed E-state index contributed by atoms with van der Waals surface area (Å²) in [5, 5.41) is 6.05. The minimum Gasteiger partial charge on any atom is -0.373 e. The molecule has 0 saturated heterocycles. The summed E-state index contributed by atoms with van der Waals surface area (Å²) < 4.78 is 0. The minimum atomic E-state index is 0.00130. The quantitative estimate of drug-likeness (QED) is 0.811. The maximum Gasteiger partial charge on any atom is 0.251 e. The number of aromatic nitrogens is 1. The Balaban J connectivity index is 1.96. The monoisotopic (exact) mass is 247 g/mol. The molecule has 1 heterocycles. The zero-order valence-corrected chi connectivity index (χ0v) is 11.1. The molecule has 2 N–H and O–H groups in total. The van der Waals surface area contributed by atoms with E-state index in [9.17, 15) is 4.79 Å². The number of amides is 1. The topological polar surface area (TPSA) is 54.0 Å². The average molecular weight is 247 g/mol. The number of hydrogen-bond acceptors (Lipinski definition) is 3. The molecule has 0 aliphatic heterocycles. The van der Waals surface area contributed by atoms with Crippen molar-refractivity contribution < 1.29 is 4.79 Å². The van der Waals surface area contributed by atoms with Gasteiger partial charge in [-0.05, 0) is 30.9 Å². The number of anilines is 1. The van der Waals surface area contributed by atoms with E-state index in [1.807, 2.05) is 0 Å². The largest absolute Gasteiger partial charge is 0.373 e. The van der Waals surface area contributed by atoms with Crippen LogP contribution in [0.5, 0.6) is 0 Å². The van der Waals surface area contributed by atoms with Gasteiger partial charge in [0.1, 0.15) is 5.82 Å². The van der Waals surface area contributed by atoms with Gasteiger partial charge in [-0.15, -0.1) is 0 Å². The molecule has 4 heteroatoms. The molecule has 1 fully saturated rings. The molecule has 2 rings (SSSR count). The number of rotatable bonds is 6. The van der Waals surface area contributed by atoms with Crippen LogP contribution in [0, 0.1) is 5.92 Å². The van der Waals surface area contributed by atoms with Crippen LogP contribution in [0.2, 0.25) is 0 Å². The zero-order chi connectivity index (χ0) is 13.0. The van der Waals surface area contributed by atoms with Crippen LogP contribution < -0.4 is 10.6 Å². The normalized spacial score (nSPS) is 16.1. The number of nitrogens with one attached hydrogen (secondary N) is 2. The van der Waals surface area contributed by atoms with E-state index in [2.05, 4.69) is 22.5 Å². The molecule has 98 valence electrons. The van der Waals surface area contributed by atoms with Gasteiger partial charge in [0, 0.05) is 24.8 Å². The Morgan fingerprint density at radius 1 is 1.56 bits per heavy atom. The molecular formula is C14H21N3O. The highest BCUT2D eigenvalue weighted by atomic mass is 16.1. The first kappa shape index (κ1) is 12.9. The zero-order valence-electron chi connectivity index (χ0n) is 11.1. The molecule has 1 atom stereocenters. The summed E-state index contributed by atoms with van der Waals surface area (Å²) in [6, 6.07) is 3.83. The average Bonchev–Trinajstić information content (AvgIpc) is 3.21. The van der Waals surface area contributed by atoms with Crippen LogP contribution in [0.3, 0.4) is 0 Å². The van der Waals surface area contributed by atoms with Gasteiger partial charge in [0.05, 0.1) is 0 Å². The van der Waals surface area contributed by atoms with Gasteiger partial charge >= 0.3 is 0 Å². The Morgan fingerprint density at radius 3 is 2.94 bits per heavy atom. The Kier molecular flexibility index (Phi) is 4.18. The lowest BCUT2D eigenvalue weighted by Crippen LogP contribution is -2.34. The highest BCUT2D eigenvalue weighted by Crippen LogP contribution is 2.34. The first-order valence-electron chi connectivity index (χ1n) is 6.67. The Bertz CT molecular complexity index is 415. The molecule has 1 saturated carbocycles. The van der Waals surface area contributed by atoms with Gasteiger partial charge < -0.3 is 10.6 Å². The van der Waals surface area contributed by atoms with E-state index < -0.39 is 0 Å². The van der Waals surface area contributed by atoms with Crippen molar-refractivity contribution in [3.05, 3.63) is 23.9 Å². The summed E-state index contributed by atoms with van der Waals surface area (Å²) in [5.41, 5.74) is 0.670. The van der Waals surface area contributed by atoms with Gasteiger partial charge in [-0.2, -0.15) is 0 Å². The van der Waals surface area contributed by atoms with Gasteiger partial charge in [0.15, 0.2) is 0 Å². The molecule has 0 spiro atoms. The maximum absolute atomic E-state index is 12.1. The van der Waals surface area contributed by atoms with Gasteiger partial charge in [0.2, 0.25) is 0 Å². The van der Waals surface area contributed by atoms with Gasteiger partial charge in [-0.3, -0.25) is 4.79 Å². The van der Waals surface area contributed by atoms with Crippen molar-refractivity contribution in [2.24, 2.45) is 5.92 Å². The van der Waals surface area contributed by atoms with Crippen molar-refractivity contribution in [2.45, 2.75) is 38.6 Å². The molecule has 0 aromatic carbocycles. The lowest BCUT2D eigenvalue weighted by Gasteiger charge is -2.16. The van der Waals surface area contributed by atoms with E-state index >= 15 is 0 Å². The highest BCUT2D eigenvalue weighted by Gasteiger charge is 2.25. The number of carbonyl (C=O) groups excluding carboxylic acids is 1. The van der Waals surface area contributed by atoms with E-state index in [0.717, 1.165) is 24.6 Å². The van der Waals surface area contributed by atoms with E-state index in [1.54, 1.807) is 25.4 Å². The van der Waals surface area contributed by atoms with Crippen LogP contribution in [-0.4, -0.2) is 24.0 Å². The van der Waals surface area contributed by atoms with Crippen molar-refractivity contribution >= 4 is 11.7 Å². The number of hydrogen-bond donors (Lipinski definition) is 2. The van der Waals surface area contributed by atoms with Crippen molar-refractivity contribution in [2.75, 3.05) is 12.4 Å². The fourth-order valence-electron chi connectivity index (χ4n) is 2.06. The number of pyridine rings is 1. The summed E-state index contributed by atoms with van der Waals surface area (Å²) in [4.78, 5) is 16.2. The summed E-state index contributed by atoms with van der Waals surface area (Å²) in [6.45, 7) is 2.12. The van der Waals surface area contributed by atoms with E-state index in [4.69, 9.17) is 0 Å².